The van der Waals surface area contributed by atoms with E-state index in [1.165, 1.54) is 31.4 Å². The minimum atomic E-state index is -3.78. The average molecular weight is 347 g/mol. The predicted octanol–water partition coefficient (Wildman–Crippen LogP) is 3.39. The van der Waals surface area contributed by atoms with E-state index in [1.54, 1.807) is 12.1 Å². The summed E-state index contributed by atoms with van der Waals surface area (Å²) in [7, 11) is -2.28. The van der Waals surface area contributed by atoms with Gasteiger partial charge in [-0.15, -0.1) is 0 Å². The van der Waals surface area contributed by atoms with Gasteiger partial charge in [-0.25, -0.2) is 8.42 Å². The first-order chi connectivity index (χ1) is 9.83. The van der Waals surface area contributed by atoms with Crippen molar-refractivity contribution in [2.24, 2.45) is 0 Å². The molecule has 0 saturated heterocycles. The van der Waals surface area contributed by atoms with Crippen molar-refractivity contribution >= 4 is 44.6 Å². The molecular formula is C13H12Cl2N2O3S. The number of sulfonamides is 1. The van der Waals surface area contributed by atoms with E-state index in [4.69, 9.17) is 33.7 Å². The Kier molecular flexibility index (Phi) is 4.51. The van der Waals surface area contributed by atoms with E-state index in [9.17, 15) is 8.42 Å². The minimum absolute atomic E-state index is 0.0776. The van der Waals surface area contributed by atoms with Gasteiger partial charge in [0.1, 0.15) is 5.75 Å². The van der Waals surface area contributed by atoms with Crippen molar-refractivity contribution in [2.45, 2.75) is 4.90 Å². The highest BCUT2D eigenvalue weighted by Gasteiger charge is 2.16. The van der Waals surface area contributed by atoms with Gasteiger partial charge in [0.2, 0.25) is 0 Å². The van der Waals surface area contributed by atoms with Crippen molar-refractivity contribution in [3.63, 3.8) is 0 Å². The number of nitrogens with one attached hydrogen (secondary N) is 1. The van der Waals surface area contributed by atoms with E-state index >= 15 is 0 Å². The first kappa shape index (κ1) is 15.8. The Morgan fingerprint density at radius 2 is 1.67 bits per heavy atom. The summed E-state index contributed by atoms with van der Waals surface area (Å²) in [6.07, 6.45) is 0. The summed E-state index contributed by atoms with van der Waals surface area (Å²) in [6, 6.07) is 8.69. The molecule has 0 heterocycles. The summed E-state index contributed by atoms with van der Waals surface area (Å²) < 4.78 is 31.9. The fourth-order valence-corrected chi connectivity index (χ4v) is 3.02. The Balaban J connectivity index is 2.34. The molecule has 0 radical (unpaired) electrons. The van der Waals surface area contributed by atoms with Crippen LogP contribution < -0.4 is 15.2 Å². The number of nitrogens with two attached hydrogens (primary N) is 1. The van der Waals surface area contributed by atoms with Crippen LogP contribution in [-0.4, -0.2) is 15.5 Å². The zero-order chi connectivity index (χ0) is 15.6. The monoisotopic (exact) mass is 346 g/mol. The van der Waals surface area contributed by atoms with Gasteiger partial charge in [-0.1, -0.05) is 23.2 Å². The Labute approximate surface area is 132 Å². The van der Waals surface area contributed by atoms with E-state index in [0.717, 1.165) is 0 Å². The second-order valence-corrected chi connectivity index (χ2v) is 6.63. The van der Waals surface area contributed by atoms with Crippen molar-refractivity contribution in [2.75, 3.05) is 17.6 Å². The minimum Gasteiger partial charge on any atom is -0.497 e. The summed E-state index contributed by atoms with van der Waals surface area (Å²) in [4.78, 5) is 0.0776. The molecule has 0 unspecified atom stereocenters. The summed E-state index contributed by atoms with van der Waals surface area (Å²) >= 11 is 11.7. The van der Waals surface area contributed by atoms with Gasteiger partial charge in [0.05, 0.1) is 33.4 Å². The second-order valence-electron chi connectivity index (χ2n) is 4.13. The third-order valence-corrected chi connectivity index (χ3v) is 4.81. The number of hydrogen-bond donors (Lipinski definition) is 2. The molecule has 0 atom stereocenters. The molecule has 21 heavy (non-hydrogen) atoms. The number of nitrogen functional groups attached to an aromatic ring is 1. The van der Waals surface area contributed by atoms with E-state index in [0.29, 0.717) is 5.75 Å². The lowest BCUT2D eigenvalue weighted by Crippen LogP contribution is -2.14. The predicted molar refractivity (Wildman–Crippen MR) is 84.7 cm³/mol. The maximum absolute atomic E-state index is 12.3. The summed E-state index contributed by atoms with van der Waals surface area (Å²) in [5, 5.41) is 0.458. The lowest BCUT2D eigenvalue weighted by molar-refractivity contribution is 0.414. The third-order valence-electron chi connectivity index (χ3n) is 2.71. The van der Waals surface area contributed by atoms with Crippen LogP contribution in [0.2, 0.25) is 10.0 Å². The molecule has 2 rings (SSSR count). The van der Waals surface area contributed by atoms with Crippen LogP contribution in [0.4, 0.5) is 11.4 Å². The summed E-state index contributed by atoms with van der Waals surface area (Å²) in [6.45, 7) is 0. The zero-order valence-electron chi connectivity index (χ0n) is 10.9. The van der Waals surface area contributed by atoms with Crippen LogP contribution in [0.1, 0.15) is 0 Å². The van der Waals surface area contributed by atoms with Gasteiger partial charge in [-0.3, -0.25) is 4.72 Å². The van der Waals surface area contributed by atoms with Crippen LogP contribution in [-0.2, 0) is 10.0 Å². The molecule has 0 spiro atoms. The Bertz CT molecular complexity index is 762. The van der Waals surface area contributed by atoms with Crippen molar-refractivity contribution in [3.8, 4) is 5.75 Å². The lowest BCUT2D eigenvalue weighted by Gasteiger charge is -2.12. The molecule has 2 aromatic rings. The number of methoxy groups -OCH3 is 1. The molecule has 0 saturated carbocycles. The van der Waals surface area contributed by atoms with Crippen LogP contribution in [0, 0.1) is 0 Å². The Morgan fingerprint density at radius 1 is 1.10 bits per heavy atom. The first-order valence-corrected chi connectivity index (χ1v) is 7.99. The van der Waals surface area contributed by atoms with Gasteiger partial charge < -0.3 is 10.5 Å². The molecule has 0 bridgehead atoms. The lowest BCUT2D eigenvalue weighted by atomic mass is 10.3. The number of halogens is 2. The van der Waals surface area contributed by atoms with Gasteiger partial charge in [0, 0.05) is 0 Å². The van der Waals surface area contributed by atoms with Crippen molar-refractivity contribution < 1.29 is 13.2 Å². The third kappa shape index (κ3) is 3.53. The average Bonchev–Trinajstić information content (AvgIpc) is 2.44. The van der Waals surface area contributed by atoms with Gasteiger partial charge >= 0.3 is 0 Å². The highest BCUT2D eigenvalue weighted by atomic mass is 35.5. The van der Waals surface area contributed by atoms with E-state index in [2.05, 4.69) is 4.72 Å². The second kappa shape index (κ2) is 6.01. The van der Waals surface area contributed by atoms with Crippen LogP contribution in [0.5, 0.6) is 5.75 Å². The van der Waals surface area contributed by atoms with Gasteiger partial charge in [0.15, 0.2) is 0 Å². The fourth-order valence-electron chi connectivity index (χ4n) is 1.61. The van der Waals surface area contributed by atoms with Gasteiger partial charge in [-0.2, -0.15) is 0 Å². The Morgan fingerprint density at radius 3 is 2.24 bits per heavy atom. The van der Waals surface area contributed by atoms with Crippen molar-refractivity contribution in [3.05, 3.63) is 46.4 Å². The van der Waals surface area contributed by atoms with Crippen LogP contribution >= 0.6 is 23.2 Å². The molecule has 2 aromatic carbocycles. The molecule has 5 nitrogen and oxygen atoms in total. The molecule has 0 fully saturated rings. The van der Waals surface area contributed by atoms with E-state index < -0.39 is 10.0 Å². The van der Waals surface area contributed by atoms with E-state index in [1.807, 2.05) is 0 Å². The molecule has 3 N–H and O–H groups in total. The van der Waals surface area contributed by atoms with Crippen LogP contribution in [0.15, 0.2) is 41.3 Å². The molecule has 0 amide bonds. The summed E-state index contributed by atoms with van der Waals surface area (Å²) in [5.41, 5.74) is 6.08. The highest BCUT2D eigenvalue weighted by Crippen LogP contribution is 2.32. The topological polar surface area (TPSA) is 81.4 Å². The van der Waals surface area contributed by atoms with E-state index in [-0.39, 0.29) is 26.3 Å². The van der Waals surface area contributed by atoms with Crippen LogP contribution in [0.3, 0.4) is 0 Å². The molecule has 0 aromatic heterocycles. The number of anilines is 2. The molecular weight excluding hydrogens is 335 g/mol. The maximum Gasteiger partial charge on any atom is 0.261 e. The molecule has 112 valence electrons. The quantitative estimate of drug-likeness (QED) is 0.831. The molecule has 0 aliphatic heterocycles. The summed E-state index contributed by atoms with van der Waals surface area (Å²) in [5.74, 6) is 0.558. The number of rotatable bonds is 4. The maximum atomic E-state index is 12.3. The Hall–Kier alpha value is -1.63. The van der Waals surface area contributed by atoms with Crippen molar-refractivity contribution in [1.29, 1.82) is 0 Å². The molecule has 0 aliphatic carbocycles. The fraction of sp³-hybridized carbons (Fsp3) is 0.0769. The number of ether oxygens (including phenoxy) is 1. The highest BCUT2D eigenvalue weighted by molar-refractivity contribution is 7.92. The normalized spacial score (nSPS) is 11.2. The largest absolute Gasteiger partial charge is 0.497 e. The number of benzene rings is 2. The first-order valence-electron chi connectivity index (χ1n) is 5.75. The standard InChI is InChI=1S/C13H12Cl2N2O3S/c1-20-8-2-4-9(5-3-8)21(18,19)17-13-7-11(15)10(14)6-12(13)16/h2-7,17H,16H2,1H3. The molecule has 0 aliphatic rings. The van der Waals surface area contributed by atoms with Gasteiger partial charge in [-0.05, 0) is 36.4 Å². The SMILES string of the molecule is COc1ccc(S(=O)(=O)Nc2cc(Cl)c(Cl)cc2N)cc1. The van der Waals surface area contributed by atoms with Gasteiger partial charge in [0.25, 0.3) is 10.0 Å². The molecule has 8 heteroatoms. The number of hydrogen-bond acceptors (Lipinski definition) is 4. The zero-order valence-corrected chi connectivity index (χ0v) is 13.3. The van der Waals surface area contributed by atoms with Crippen LogP contribution in [0.25, 0.3) is 0 Å². The smallest absolute Gasteiger partial charge is 0.261 e. The van der Waals surface area contributed by atoms with Crippen molar-refractivity contribution in [1.82, 2.24) is 0 Å².